The molecule has 1 saturated carbocycles. The lowest BCUT2D eigenvalue weighted by molar-refractivity contribution is 0.349. The summed E-state index contributed by atoms with van der Waals surface area (Å²) in [4.78, 5) is 35.1. The summed E-state index contributed by atoms with van der Waals surface area (Å²) in [5.41, 5.74) is 1.87. The van der Waals surface area contributed by atoms with E-state index in [2.05, 4.69) is 20.1 Å². The van der Waals surface area contributed by atoms with Crippen LogP contribution in [-0.2, 0) is 6.54 Å². The fourth-order valence-electron chi connectivity index (χ4n) is 4.17. The lowest BCUT2D eigenvalue weighted by Gasteiger charge is -2.23. The number of nitrogens with zero attached hydrogens (tertiary/aromatic N) is 4. The van der Waals surface area contributed by atoms with Gasteiger partial charge in [-0.3, -0.25) is 19.0 Å². The Morgan fingerprint density at radius 1 is 1.03 bits per heavy atom. The van der Waals surface area contributed by atoms with Gasteiger partial charge >= 0.3 is 5.69 Å². The van der Waals surface area contributed by atoms with Crippen molar-refractivity contribution in [1.29, 1.82) is 0 Å². The van der Waals surface area contributed by atoms with Gasteiger partial charge in [0, 0.05) is 12.2 Å². The van der Waals surface area contributed by atoms with E-state index in [1.54, 1.807) is 10.8 Å². The Morgan fingerprint density at radius 3 is 2.62 bits per heavy atom. The second-order valence-corrected chi connectivity index (χ2v) is 7.62. The monoisotopic (exact) mass is 390 g/mol. The standard InChI is InChI=1S/C21H22N6O2/c28-20-17-19(27(21(29)25-20)16-9-5-2-6-10-16)24-18(23-17)15-11-22-26(13-15)12-14-7-3-1-4-8-14/h1,3-4,7-8,11,13,16H,2,5-6,9-10,12H2,(H,23,24)(H,25,28,29). The Hall–Kier alpha value is -3.42. The molecule has 0 saturated heterocycles. The molecule has 1 aliphatic rings. The lowest BCUT2D eigenvalue weighted by atomic mass is 9.95. The van der Waals surface area contributed by atoms with Crippen LogP contribution in [0.4, 0.5) is 0 Å². The highest BCUT2D eigenvalue weighted by Crippen LogP contribution is 2.29. The average Bonchev–Trinajstić information content (AvgIpc) is 3.37. The van der Waals surface area contributed by atoms with Crippen molar-refractivity contribution in [3.63, 3.8) is 0 Å². The highest BCUT2D eigenvalue weighted by atomic mass is 16.2. The van der Waals surface area contributed by atoms with E-state index < -0.39 is 5.56 Å². The smallest absolute Gasteiger partial charge is 0.330 e. The highest BCUT2D eigenvalue weighted by molar-refractivity contribution is 5.75. The predicted molar refractivity (Wildman–Crippen MR) is 110 cm³/mol. The maximum absolute atomic E-state index is 12.5. The first-order valence-corrected chi connectivity index (χ1v) is 10.0. The Morgan fingerprint density at radius 2 is 1.83 bits per heavy atom. The third-order valence-electron chi connectivity index (χ3n) is 5.61. The summed E-state index contributed by atoms with van der Waals surface area (Å²) in [6.45, 7) is 0.647. The van der Waals surface area contributed by atoms with Gasteiger partial charge in [0.05, 0.1) is 18.3 Å². The first-order valence-electron chi connectivity index (χ1n) is 10.0. The van der Waals surface area contributed by atoms with Crippen molar-refractivity contribution in [3.05, 3.63) is 69.1 Å². The topological polar surface area (TPSA) is 101 Å². The molecular weight excluding hydrogens is 368 g/mol. The molecule has 0 unspecified atom stereocenters. The van der Waals surface area contributed by atoms with Gasteiger partial charge in [-0.15, -0.1) is 0 Å². The summed E-state index contributed by atoms with van der Waals surface area (Å²) < 4.78 is 3.49. The van der Waals surface area contributed by atoms with Gasteiger partial charge in [-0.25, -0.2) is 9.78 Å². The van der Waals surface area contributed by atoms with E-state index in [0.29, 0.717) is 23.5 Å². The van der Waals surface area contributed by atoms with Crippen LogP contribution < -0.4 is 11.2 Å². The van der Waals surface area contributed by atoms with Crippen molar-refractivity contribution in [3.8, 4) is 11.4 Å². The maximum atomic E-state index is 12.5. The molecule has 0 atom stereocenters. The molecule has 1 fully saturated rings. The van der Waals surface area contributed by atoms with Crippen molar-refractivity contribution in [1.82, 2.24) is 29.3 Å². The molecule has 2 N–H and O–H groups in total. The van der Waals surface area contributed by atoms with Crippen molar-refractivity contribution in [2.75, 3.05) is 0 Å². The van der Waals surface area contributed by atoms with Crippen LogP contribution in [0.2, 0.25) is 0 Å². The van der Waals surface area contributed by atoms with Gasteiger partial charge in [0.25, 0.3) is 5.56 Å². The second-order valence-electron chi connectivity index (χ2n) is 7.62. The van der Waals surface area contributed by atoms with Gasteiger partial charge in [-0.1, -0.05) is 49.6 Å². The van der Waals surface area contributed by atoms with E-state index in [1.165, 1.54) is 6.42 Å². The van der Waals surface area contributed by atoms with Crippen LogP contribution >= 0.6 is 0 Å². The highest BCUT2D eigenvalue weighted by Gasteiger charge is 2.22. The lowest BCUT2D eigenvalue weighted by Crippen LogP contribution is -2.33. The number of H-pyrrole nitrogens is 2. The minimum absolute atomic E-state index is 0.0764. The number of nitrogens with one attached hydrogen (secondary N) is 2. The summed E-state index contributed by atoms with van der Waals surface area (Å²) in [6, 6.07) is 10.1. The van der Waals surface area contributed by atoms with Crippen molar-refractivity contribution in [2.45, 2.75) is 44.7 Å². The number of aromatic amines is 2. The summed E-state index contributed by atoms with van der Waals surface area (Å²) in [5.74, 6) is 0.542. The van der Waals surface area contributed by atoms with E-state index in [4.69, 9.17) is 0 Å². The zero-order valence-corrected chi connectivity index (χ0v) is 16.0. The molecule has 4 aromatic rings. The molecule has 8 nitrogen and oxygen atoms in total. The normalized spacial score (nSPS) is 15.2. The molecule has 8 heteroatoms. The SMILES string of the molecule is O=c1[nH]c(=O)n(C2CCCCC2)c2nc(-c3cnn(Cc4ccccc4)c3)[nH]c12. The van der Waals surface area contributed by atoms with Gasteiger partial charge in [-0.2, -0.15) is 5.10 Å². The van der Waals surface area contributed by atoms with E-state index in [9.17, 15) is 9.59 Å². The number of hydrogen-bond donors (Lipinski definition) is 2. The summed E-state index contributed by atoms with van der Waals surface area (Å²) in [7, 11) is 0. The number of rotatable bonds is 4. The van der Waals surface area contributed by atoms with Crippen molar-refractivity contribution < 1.29 is 0 Å². The third-order valence-corrected chi connectivity index (χ3v) is 5.61. The predicted octanol–water partition coefficient (Wildman–Crippen LogP) is 2.83. The van der Waals surface area contributed by atoms with Crippen LogP contribution in [0, 0.1) is 0 Å². The van der Waals surface area contributed by atoms with Crippen molar-refractivity contribution in [2.24, 2.45) is 0 Å². The summed E-state index contributed by atoms with van der Waals surface area (Å²) in [5, 5.41) is 4.41. The van der Waals surface area contributed by atoms with Gasteiger partial charge in [0.15, 0.2) is 5.65 Å². The van der Waals surface area contributed by atoms with Gasteiger partial charge in [0.2, 0.25) is 0 Å². The number of aromatic nitrogens is 6. The summed E-state index contributed by atoms with van der Waals surface area (Å²) in [6.07, 6.45) is 8.82. The maximum Gasteiger partial charge on any atom is 0.330 e. The van der Waals surface area contributed by atoms with Crippen LogP contribution in [0.5, 0.6) is 0 Å². The molecule has 1 aliphatic carbocycles. The first-order chi connectivity index (χ1) is 14.2. The van der Waals surface area contributed by atoms with E-state index >= 15 is 0 Å². The molecule has 0 bridgehead atoms. The van der Waals surface area contributed by atoms with E-state index in [-0.39, 0.29) is 11.7 Å². The molecule has 0 radical (unpaired) electrons. The van der Waals surface area contributed by atoms with Gasteiger partial charge in [0.1, 0.15) is 11.3 Å². The zero-order valence-electron chi connectivity index (χ0n) is 16.0. The van der Waals surface area contributed by atoms with Crippen LogP contribution in [-0.4, -0.2) is 29.3 Å². The Labute approximate surface area is 166 Å². The Balaban J connectivity index is 1.54. The molecular formula is C21H22N6O2. The van der Waals surface area contributed by atoms with Gasteiger partial charge in [-0.05, 0) is 18.4 Å². The molecule has 0 aliphatic heterocycles. The molecule has 1 aromatic carbocycles. The average molecular weight is 390 g/mol. The molecule has 0 spiro atoms. The zero-order chi connectivity index (χ0) is 19.8. The minimum Gasteiger partial charge on any atom is -0.332 e. The van der Waals surface area contributed by atoms with E-state index in [1.807, 2.05) is 41.2 Å². The molecule has 3 heterocycles. The van der Waals surface area contributed by atoms with Crippen LogP contribution in [0.25, 0.3) is 22.6 Å². The second kappa shape index (κ2) is 7.20. The van der Waals surface area contributed by atoms with E-state index in [0.717, 1.165) is 36.8 Å². The third kappa shape index (κ3) is 3.30. The number of fused-ring (bicyclic) bond motifs is 1. The number of imidazole rings is 1. The van der Waals surface area contributed by atoms with Crippen LogP contribution in [0.15, 0.2) is 52.3 Å². The molecule has 3 aromatic heterocycles. The van der Waals surface area contributed by atoms with Gasteiger partial charge < -0.3 is 4.98 Å². The quantitative estimate of drug-likeness (QED) is 0.559. The molecule has 29 heavy (non-hydrogen) atoms. The minimum atomic E-state index is -0.438. The molecule has 148 valence electrons. The number of hydrogen-bond acceptors (Lipinski definition) is 4. The summed E-state index contributed by atoms with van der Waals surface area (Å²) >= 11 is 0. The van der Waals surface area contributed by atoms with Crippen molar-refractivity contribution >= 4 is 11.2 Å². The van der Waals surface area contributed by atoms with Crippen LogP contribution in [0.3, 0.4) is 0 Å². The Kier molecular flexibility index (Phi) is 4.38. The number of benzene rings is 1. The molecule has 5 rings (SSSR count). The first kappa shape index (κ1) is 17.7. The molecule has 0 amide bonds. The largest absolute Gasteiger partial charge is 0.332 e. The fraction of sp³-hybridized carbons (Fsp3) is 0.333. The Bertz CT molecular complexity index is 1260. The fourth-order valence-corrected chi connectivity index (χ4v) is 4.17. The van der Waals surface area contributed by atoms with Crippen LogP contribution in [0.1, 0.15) is 43.7 Å².